The zero-order chi connectivity index (χ0) is 16.9. The van der Waals surface area contributed by atoms with Crippen LogP contribution in [0.4, 0.5) is 4.79 Å². The minimum atomic E-state index is -1.66. The molecule has 0 aromatic carbocycles. The Morgan fingerprint density at radius 3 is 2.41 bits per heavy atom. The number of rotatable bonds is 3. The Morgan fingerprint density at radius 2 is 1.91 bits per heavy atom. The highest BCUT2D eigenvalue weighted by molar-refractivity contribution is 6.28. The second-order valence-corrected chi connectivity index (χ2v) is 6.42. The molecule has 1 saturated carbocycles. The van der Waals surface area contributed by atoms with Crippen LogP contribution < -0.4 is 11.1 Å². The molecule has 0 aliphatic heterocycles. The predicted molar refractivity (Wildman–Crippen MR) is 77.1 cm³/mol. The van der Waals surface area contributed by atoms with E-state index in [9.17, 15) is 14.4 Å². The number of hydrogen-bond donors (Lipinski definition) is 3. The van der Waals surface area contributed by atoms with Crippen LogP contribution in [0, 0.1) is 5.92 Å². The highest BCUT2D eigenvalue weighted by Gasteiger charge is 2.35. The first kappa shape index (κ1) is 18.2. The maximum atomic E-state index is 11.8. The van der Waals surface area contributed by atoms with Gasteiger partial charge in [-0.25, -0.2) is 14.4 Å². The summed E-state index contributed by atoms with van der Waals surface area (Å²) in [5.74, 6) is -2.87. The van der Waals surface area contributed by atoms with Crippen LogP contribution in [0.3, 0.4) is 0 Å². The zero-order valence-electron chi connectivity index (χ0n) is 13.1. The topological polar surface area (TPSA) is 128 Å². The molecule has 0 aromatic rings. The molecule has 126 valence electrons. The summed E-state index contributed by atoms with van der Waals surface area (Å²) in [5.41, 5.74) is 4.97. The number of carboxylic acid groups (broad SMARTS) is 1. The first-order valence-corrected chi connectivity index (χ1v) is 7.26. The van der Waals surface area contributed by atoms with E-state index >= 15 is 0 Å². The summed E-state index contributed by atoms with van der Waals surface area (Å²) < 4.78 is 10.1. The van der Waals surface area contributed by atoms with Gasteiger partial charge in [-0.15, -0.1) is 0 Å². The van der Waals surface area contributed by atoms with E-state index in [1.807, 2.05) is 0 Å². The minimum absolute atomic E-state index is 0.128. The van der Waals surface area contributed by atoms with Crippen LogP contribution in [-0.2, 0) is 19.1 Å². The van der Waals surface area contributed by atoms with Gasteiger partial charge in [0, 0.05) is 0 Å². The van der Waals surface area contributed by atoms with Gasteiger partial charge in [0.15, 0.2) is 0 Å². The van der Waals surface area contributed by atoms with E-state index in [-0.39, 0.29) is 5.92 Å². The Balaban J connectivity index is 2.70. The van der Waals surface area contributed by atoms with Crippen molar-refractivity contribution in [2.45, 2.75) is 57.8 Å². The lowest BCUT2D eigenvalue weighted by molar-refractivity contribution is -0.169. The standard InChI is InChI=1S/C14H24N2O6/c1-14(2,3)22-13(20)16-9-5-4-8(7-15)6-10(9)21-12(19)11(17)18/h8-10H,4-7,15H2,1-3H3,(H,16,20)(H,17,18)/t8-,9-,10-/m1/s1. The molecule has 1 fully saturated rings. The number of carbonyl (C=O) groups is 3. The number of esters is 1. The number of carboxylic acids is 1. The second kappa shape index (κ2) is 7.44. The molecule has 22 heavy (non-hydrogen) atoms. The number of aliphatic carboxylic acids is 1. The predicted octanol–water partition coefficient (Wildman–Crippen LogP) is 0.635. The van der Waals surface area contributed by atoms with Crippen LogP contribution in [0.2, 0.25) is 0 Å². The Labute approximate surface area is 129 Å². The van der Waals surface area contributed by atoms with Gasteiger partial charge in [0.1, 0.15) is 11.7 Å². The Bertz CT molecular complexity index is 432. The largest absolute Gasteiger partial charge is 0.473 e. The molecule has 0 saturated heterocycles. The highest BCUT2D eigenvalue weighted by atomic mass is 16.6. The summed E-state index contributed by atoms with van der Waals surface area (Å²) in [5, 5.41) is 11.3. The summed E-state index contributed by atoms with van der Waals surface area (Å²) in [6.07, 6.45) is 0.366. The van der Waals surface area contributed by atoms with Gasteiger partial charge in [-0.05, 0) is 52.5 Å². The fourth-order valence-corrected chi connectivity index (χ4v) is 2.37. The van der Waals surface area contributed by atoms with Crippen molar-refractivity contribution in [2.75, 3.05) is 6.54 Å². The first-order valence-electron chi connectivity index (χ1n) is 7.26. The SMILES string of the molecule is CC(C)(C)OC(=O)N[C@@H]1CC[C@@H](CN)C[C@H]1OC(=O)C(=O)O. The summed E-state index contributed by atoms with van der Waals surface area (Å²) >= 11 is 0. The summed E-state index contributed by atoms with van der Waals surface area (Å²) in [7, 11) is 0. The first-order chi connectivity index (χ1) is 10.1. The number of hydrogen-bond acceptors (Lipinski definition) is 6. The van der Waals surface area contributed by atoms with Crippen LogP contribution >= 0.6 is 0 Å². The number of ether oxygens (including phenoxy) is 2. The van der Waals surface area contributed by atoms with Gasteiger partial charge >= 0.3 is 18.0 Å². The summed E-state index contributed by atoms with van der Waals surface area (Å²) in [6.45, 7) is 5.62. The van der Waals surface area contributed by atoms with E-state index in [1.54, 1.807) is 20.8 Å². The molecule has 0 spiro atoms. The average molecular weight is 316 g/mol. The van der Waals surface area contributed by atoms with Crippen LogP contribution in [0.1, 0.15) is 40.0 Å². The van der Waals surface area contributed by atoms with Crippen molar-refractivity contribution in [1.82, 2.24) is 5.32 Å². The van der Waals surface area contributed by atoms with Crippen molar-refractivity contribution >= 4 is 18.0 Å². The molecule has 0 heterocycles. The molecule has 1 aliphatic rings. The smallest absolute Gasteiger partial charge is 0.417 e. The molecule has 4 N–H and O–H groups in total. The summed E-state index contributed by atoms with van der Waals surface area (Å²) in [6, 6.07) is -0.485. The maximum Gasteiger partial charge on any atom is 0.417 e. The molecule has 8 heteroatoms. The van der Waals surface area contributed by atoms with E-state index in [1.165, 1.54) is 0 Å². The second-order valence-electron chi connectivity index (χ2n) is 6.42. The van der Waals surface area contributed by atoms with E-state index in [2.05, 4.69) is 5.32 Å². The van der Waals surface area contributed by atoms with Crippen LogP contribution in [-0.4, -0.2) is 47.4 Å². The van der Waals surface area contributed by atoms with Crippen molar-refractivity contribution in [3.05, 3.63) is 0 Å². The fourth-order valence-electron chi connectivity index (χ4n) is 2.37. The van der Waals surface area contributed by atoms with Gasteiger partial charge in [0.25, 0.3) is 0 Å². The van der Waals surface area contributed by atoms with Crippen molar-refractivity contribution in [3.8, 4) is 0 Å². The van der Waals surface area contributed by atoms with E-state index < -0.39 is 35.8 Å². The molecular formula is C14H24N2O6. The van der Waals surface area contributed by atoms with Crippen molar-refractivity contribution in [2.24, 2.45) is 11.7 Å². The van der Waals surface area contributed by atoms with Crippen LogP contribution in [0.25, 0.3) is 0 Å². The Kier molecular flexibility index (Phi) is 6.16. The van der Waals surface area contributed by atoms with E-state index in [0.29, 0.717) is 19.4 Å². The maximum absolute atomic E-state index is 11.8. The summed E-state index contributed by atoms with van der Waals surface area (Å²) in [4.78, 5) is 33.7. The van der Waals surface area contributed by atoms with Crippen molar-refractivity contribution < 1.29 is 29.0 Å². The van der Waals surface area contributed by atoms with Gasteiger partial charge < -0.3 is 25.6 Å². The fraction of sp³-hybridized carbons (Fsp3) is 0.786. The molecule has 1 aliphatic carbocycles. The molecule has 0 unspecified atom stereocenters. The lowest BCUT2D eigenvalue weighted by atomic mass is 9.84. The molecule has 3 atom stereocenters. The molecule has 8 nitrogen and oxygen atoms in total. The molecule has 1 rings (SSSR count). The highest BCUT2D eigenvalue weighted by Crippen LogP contribution is 2.26. The molecule has 0 aromatic heterocycles. The number of carbonyl (C=O) groups excluding carboxylic acids is 2. The number of alkyl carbamates (subject to hydrolysis) is 1. The third kappa shape index (κ3) is 5.88. The lowest BCUT2D eigenvalue weighted by Gasteiger charge is -2.35. The van der Waals surface area contributed by atoms with Gasteiger partial charge in [-0.3, -0.25) is 0 Å². The number of amides is 1. The zero-order valence-corrected chi connectivity index (χ0v) is 13.1. The molecule has 1 amide bonds. The van der Waals surface area contributed by atoms with Gasteiger partial charge in [-0.2, -0.15) is 0 Å². The van der Waals surface area contributed by atoms with E-state index in [0.717, 1.165) is 6.42 Å². The van der Waals surface area contributed by atoms with Gasteiger partial charge in [0.2, 0.25) is 0 Å². The van der Waals surface area contributed by atoms with E-state index in [4.69, 9.17) is 20.3 Å². The Hall–Kier alpha value is -1.83. The third-order valence-corrected chi connectivity index (χ3v) is 3.37. The van der Waals surface area contributed by atoms with Crippen LogP contribution in [0.5, 0.6) is 0 Å². The quantitative estimate of drug-likeness (QED) is 0.514. The van der Waals surface area contributed by atoms with Crippen molar-refractivity contribution in [3.63, 3.8) is 0 Å². The van der Waals surface area contributed by atoms with Crippen molar-refractivity contribution in [1.29, 1.82) is 0 Å². The molecule has 0 radical (unpaired) electrons. The monoisotopic (exact) mass is 316 g/mol. The van der Waals surface area contributed by atoms with Gasteiger partial charge in [-0.1, -0.05) is 0 Å². The number of nitrogens with two attached hydrogens (primary N) is 1. The van der Waals surface area contributed by atoms with Crippen LogP contribution in [0.15, 0.2) is 0 Å². The van der Waals surface area contributed by atoms with Gasteiger partial charge in [0.05, 0.1) is 6.04 Å². The average Bonchev–Trinajstić information content (AvgIpc) is 2.38. The molecular weight excluding hydrogens is 292 g/mol. The normalized spacial score (nSPS) is 25.2. The third-order valence-electron chi connectivity index (χ3n) is 3.37. The Morgan fingerprint density at radius 1 is 1.27 bits per heavy atom. The molecule has 0 bridgehead atoms. The lowest BCUT2D eigenvalue weighted by Crippen LogP contribution is -2.51. The minimum Gasteiger partial charge on any atom is -0.473 e. The number of nitrogens with one attached hydrogen (secondary N) is 1.